The van der Waals surface area contributed by atoms with Crippen molar-refractivity contribution in [3.8, 4) is 0 Å². The van der Waals surface area contributed by atoms with Crippen molar-refractivity contribution >= 4 is 38.2 Å². The summed E-state index contributed by atoms with van der Waals surface area (Å²) in [5.74, 6) is -1.68. The van der Waals surface area contributed by atoms with E-state index in [-0.39, 0.29) is 20.5 Å². The normalized spacial score (nSPS) is 10.9. The second-order valence-corrected chi connectivity index (χ2v) is 10.9. The van der Waals surface area contributed by atoms with E-state index in [1.165, 1.54) is 49.6 Å². The number of nitrogens with zero attached hydrogens (tertiary/aromatic N) is 1. The number of rotatable bonds is 11. The smallest absolute Gasteiger partial charge is 0.347 e. The van der Waals surface area contributed by atoms with Gasteiger partial charge < -0.3 is 9.94 Å². The number of carboxylic acids is 1. The Hall–Kier alpha value is -3.12. The van der Waals surface area contributed by atoms with E-state index in [0.717, 1.165) is 37.2 Å². The minimum atomic E-state index is -3.42. The molecule has 1 heterocycles. The maximum atomic E-state index is 12.1. The summed E-state index contributed by atoms with van der Waals surface area (Å²) in [5.41, 5.74) is 4.66. The first-order valence-corrected chi connectivity index (χ1v) is 14.0. The van der Waals surface area contributed by atoms with Crippen LogP contribution in [0.15, 0.2) is 59.5 Å². The van der Waals surface area contributed by atoms with Gasteiger partial charge in [0.15, 0.2) is 15.0 Å². The Kier molecular flexibility index (Phi) is 11.7. The van der Waals surface area contributed by atoms with Gasteiger partial charge in [-0.3, -0.25) is 10.1 Å². The molecule has 0 unspecified atom stereocenters. The number of hydrogen-bond acceptors (Lipinski definition) is 8. The van der Waals surface area contributed by atoms with Gasteiger partial charge in [0.1, 0.15) is 4.88 Å². The van der Waals surface area contributed by atoms with Crippen molar-refractivity contribution in [3.63, 3.8) is 0 Å². The summed E-state index contributed by atoms with van der Waals surface area (Å²) in [5, 5.41) is 11.6. The second kappa shape index (κ2) is 14.4. The highest BCUT2D eigenvalue weighted by Crippen LogP contribution is 2.23. The molecule has 0 saturated heterocycles. The molecule has 3 N–H and O–H groups in total. The van der Waals surface area contributed by atoms with E-state index in [0.29, 0.717) is 5.69 Å². The summed E-state index contributed by atoms with van der Waals surface area (Å²) >= 11 is 0.839. The number of nitrogens with one attached hydrogen (secondary N) is 2. The summed E-state index contributed by atoms with van der Waals surface area (Å²) < 4.78 is 23.0. The number of aryl methyl sites for hydroxylation is 1. The number of anilines is 1. The van der Waals surface area contributed by atoms with Crippen LogP contribution in [0.4, 0.5) is 5.13 Å². The maximum absolute atomic E-state index is 12.1. The number of carbonyl (C=O) groups excluding carboxylic acids is 1. The molecule has 0 aliphatic carbocycles. The van der Waals surface area contributed by atoms with Crippen molar-refractivity contribution in [2.24, 2.45) is 0 Å². The first-order chi connectivity index (χ1) is 17.1. The molecular weight excluding hydrogens is 502 g/mol. The molecule has 1 amide bonds. The number of hydrogen-bond donors (Lipinski definition) is 3. The van der Waals surface area contributed by atoms with Crippen LogP contribution in [0.1, 0.15) is 57.5 Å². The van der Waals surface area contributed by atoms with E-state index in [4.69, 9.17) is 9.94 Å². The minimum Gasteiger partial charge on any atom is -0.477 e. The number of hydroxylamine groups is 1. The highest BCUT2D eigenvalue weighted by atomic mass is 32.2. The van der Waals surface area contributed by atoms with Gasteiger partial charge in [-0.2, -0.15) is 5.48 Å². The number of carboxylic acid groups (broad SMARTS) is 1. The molecule has 194 valence electrons. The number of benzene rings is 2. The van der Waals surface area contributed by atoms with Crippen molar-refractivity contribution in [1.82, 2.24) is 10.5 Å². The third-order valence-electron chi connectivity index (χ3n) is 4.81. The molecule has 1 aromatic heterocycles. The Bertz CT molecular complexity index is 1240. The molecule has 0 aliphatic heterocycles. The summed E-state index contributed by atoms with van der Waals surface area (Å²) in [6.45, 7) is 5.31. The van der Waals surface area contributed by atoms with Crippen LogP contribution in [0, 0.1) is 6.92 Å². The fourth-order valence-corrected chi connectivity index (χ4v) is 4.38. The fourth-order valence-electron chi connectivity index (χ4n) is 2.91. The zero-order chi connectivity index (χ0) is 26.6. The summed E-state index contributed by atoms with van der Waals surface area (Å²) in [6, 6.07) is 15.8. The molecule has 0 aliphatic rings. The number of carbonyl (C=O) groups is 2. The average Bonchev–Trinajstić information content (AvgIpc) is 3.22. The number of aromatic nitrogens is 1. The van der Waals surface area contributed by atoms with Gasteiger partial charge in [-0.05, 0) is 37.1 Å². The van der Waals surface area contributed by atoms with Crippen molar-refractivity contribution in [1.29, 1.82) is 0 Å². The average molecular weight is 534 g/mol. The molecule has 3 rings (SSSR count). The molecule has 36 heavy (non-hydrogen) atoms. The van der Waals surface area contributed by atoms with Crippen LogP contribution in [0.25, 0.3) is 0 Å². The largest absolute Gasteiger partial charge is 0.477 e. The Morgan fingerprint density at radius 3 is 2.42 bits per heavy atom. The molecule has 9 nitrogen and oxygen atoms in total. The number of amides is 1. The highest BCUT2D eigenvalue weighted by Gasteiger charge is 2.17. The van der Waals surface area contributed by atoms with Gasteiger partial charge in [0.2, 0.25) is 0 Å². The van der Waals surface area contributed by atoms with Crippen molar-refractivity contribution in [2.45, 2.75) is 44.6 Å². The van der Waals surface area contributed by atoms with Crippen LogP contribution in [-0.4, -0.2) is 43.2 Å². The van der Waals surface area contributed by atoms with Crippen LogP contribution in [0.5, 0.6) is 0 Å². The number of aromatic carboxylic acids is 1. The highest BCUT2D eigenvalue weighted by molar-refractivity contribution is 7.90. The lowest BCUT2D eigenvalue weighted by Crippen LogP contribution is -2.14. The van der Waals surface area contributed by atoms with Gasteiger partial charge in [-0.1, -0.05) is 67.5 Å². The van der Waals surface area contributed by atoms with Gasteiger partial charge >= 0.3 is 5.97 Å². The Morgan fingerprint density at radius 2 is 1.81 bits per heavy atom. The number of thiazole rings is 1. The van der Waals surface area contributed by atoms with Gasteiger partial charge in [0.25, 0.3) is 5.91 Å². The predicted molar refractivity (Wildman–Crippen MR) is 140 cm³/mol. The number of sulfone groups is 1. The lowest BCUT2D eigenvalue weighted by Gasteiger charge is -2.05. The van der Waals surface area contributed by atoms with Gasteiger partial charge in [0.05, 0.1) is 17.2 Å². The molecule has 11 heteroatoms. The predicted octanol–water partition coefficient (Wildman–Crippen LogP) is 4.70. The van der Waals surface area contributed by atoms with Crippen LogP contribution in [-0.2, 0) is 21.2 Å². The van der Waals surface area contributed by atoms with E-state index in [1.54, 1.807) is 0 Å². The lowest BCUT2D eigenvalue weighted by atomic mass is 10.2. The summed E-state index contributed by atoms with van der Waals surface area (Å²) in [4.78, 5) is 32.4. The molecule has 0 radical (unpaired) electrons. The molecule has 0 fully saturated rings. The van der Waals surface area contributed by atoms with Crippen LogP contribution < -0.4 is 10.8 Å². The van der Waals surface area contributed by atoms with Crippen molar-refractivity contribution in [3.05, 3.63) is 76.3 Å². The minimum absolute atomic E-state index is 0.0293. The summed E-state index contributed by atoms with van der Waals surface area (Å²) in [7, 11) is -3.42. The molecule has 0 saturated carbocycles. The quantitative estimate of drug-likeness (QED) is 0.238. The molecule has 3 aromatic rings. The Balaban J connectivity index is 0.000000281. The van der Waals surface area contributed by atoms with Crippen molar-refractivity contribution in [2.75, 3.05) is 18.2 Å². The second-order valence-electron chi connectivity index (χ2n) is 7.86. The first kappa shape index (κ1) is 29.1. The van der Waals surface area contributed by atoms with Gasteiger partial charge in [0, 0.05) is 18.4 Å². The maximum Gasteiger partial charge on any atom is 0.347 e. The third kappa shape index (κ3) is 9.86. The molecular formula is C25H31N3O6S2. The first-order valence-electron chi connectivity index (χ1n) is 11.3. The SMILES string of the molecule is CCCCCONCc1ccccc1.Cc1nc(NC(=O)c2cccc(S(C)(=O)=O)c2)sc1C(=O)O. The monoisotopic (exact) mass is 533 g/mol. The van der Waals surface area contributed by atoms with Gasteiger partial charge in [-0.15, -0.1) is 0 Å². The van der Waals surface area contributed by atoms with E-state index < -0.39 is 21.7 Å². The van der Waals surface area contributed by atoms with Crippen molar-refractivity contribution < 1.29 is 28.0 Å². The standard InChI is InChI=1S/C13H12N2O5S2.C12H19NO/c1-7-10(12(17)18)21-13(14-7)15-11(16)8-4-3-5-9(6-8)22(2,19)20;1-2-3-7-10-14-13-11-12-8-5-4-6-9-12/h3-6H,1-2H3,(H,17,18)(H,14,15,16);4-6,8-9,13H,2-3,7,10-11H2,1H3. The van der Waals surface area contributed by atoms with E-state index in [2.05, 4.69) is 34.8 Å². The summed E-state index contributed by atoms with van der Waals surface area (Å²) in [6.07, 6.45) is 4.67. The Morgan fingerprint density at radius 1 is 1.08 bits per heavy atom. The van der Waals surface area contributed by atoms with E-state index >= 15 is 0 Å². The third-order valence-corrected chi connectivity index (χ3v) is 6.98. The zero-order valence-corrected chi connectivity index (χ0v) is 22.1. The molecule has 0 atom stereocenters. The zero-order valence-electron chi connectivity index (χ0n) is 20.5. The topological polar surface area (TPSA) is 135 Å². The number of unbranched alkanes of at least 4 members (excludes halogenated alkanes) is 2. The van der Waals surface area contributed by atoms with Gasteiger partial charge in [-0.25, -0.2) is 18.2 Å². The molecule has 2 aromatic carbocycles. The lowest BCUT2D eigenvalue weighted by molar-refractivity contribution is 0.0342. The fraction of sp³-hybridized carbons (Fsp3) is 0.320. The van der Waals surface area contributed by atoms with Crippen LogP contribution >= 0.6 is 11.3 Å². The van der Waals surface area contributed by atoms with E-state index in [9.17, 15) is 18.0 Å². The van der Waals surface area contributed by atoms with E-state index in [1.807, 2.05) is 18.2 Å². The van der Waals surface area contributed by atoms with Crippen LogP contribution in [0.3, 0.4) is 0 Å². The van der Waals surface area contributed by atoms with Crippen LogP contribution in [0.2, 0.25) is 0 Å². The Labute approximate surface area is 215 Å². The molecule has 0 bridgehead atoms. The molecule has 0 spiro atoms.